The summed E-state index contributed by atoms with van der Waals surface area (Å²) in [5, 5.41) is 16.8. The third-order valence-corrected chi connectivity index (χ3v) is 4.22. The maximum atomic E-state index is 13.3. The Balaban J connectivity index is 0.00000480. The van der Waals surface area contributed by atoms with Gasteiger partial charge in [-0.1, -0.05) is 6.07 Å². The van der Waals surface area contributed by atoms with E-state index in [1.54, 1.807) is 44.6 Å². The fourth-order valence-corrected chi connectivity index (χ4v) is 2.70. The molecule has 0 fully saturated rings. The van der Waals surface area contributed by atoms with Gasteiger partial charge < -0.3 is 30.0 Å². The molecule has 0 saturated carbocycles. The molecule has 0 aliphatic carbocycles. The Morgan fingerprint density at radius 2 is 1.74 bits per heavy atom. The van der Waals surface area contributed by atoms with E-state index in [0.29, 0.717) is 41.9 Å². The highest BCUT2D eigenvalue weighted by Crippen LogP contribution is 2.26. The average molecular weight is 547 g/mol. The van der Waals surface area contributed by atoms with E-state index in [9.17, 15) is 9.50 Å². The molecule has 2 rings (SSSR count). The van der Waals surface area contributed by atoms with Crippen LogP contribution in [0, 0.1) is 5.82 Å². The van der Waals surface area contributed by atoms with Gasteiger partial charge >= 0.3 is 0 Å². The van der Waals surface area contributed by atoms with E-state index in [2.05, 4.69) is 15.6 Å². The zero-order valence-corrected chi connectivity index (χ0v) is 20.6. The Morgan fingerprint density at radius 1 is 1.06 bits per heavy atom. The second kappa shape index (κ2) is 13.9. The molecule has 31 heavy (non-hydrogen) atoms. The lowest BCUT2D eigenvalue weighted by Crippen LogP contribution is -2.42. The summed E-state index contributed by atoms with van der Waals surface area (Å²) in [6, 6.07) is 11.3. The number of hydrogen-bond acceptors (Lipinski definition) is 5. The van der Waals surface area contributed by atoms with E-state index >= 15 is 0 Å². The van der Waals surface area contributed by atoms with Gasteiger partial charge in [-0.25, -0.2) is 4.39 Å². The van der Waals surface area contributed by atoms with Crippen molar-refractivity contribution < 1.29 is 23.7 Å². The number of rotatable bonds is 10. The lowest BCUT2D eigenvalue weighted by atomic mass is 10.1. The molecular formula is C22H31FIN3O4. The molecule has 3 N–H and O–H groups in total. The van der Waals surface area contributed by atoms with Crippen molar-refractivity contribution in [3.05, 3.63) is 53.8 Å². The average Bonchev–Trinajstić information content (AvgIpc) is 2.75. The number of benzene rings is 2. The summed E-state index contributed by atoms with van der Waals surface area (Å²) in [6.45, 7) is 5.08. The van der Waals surface area contributed by atoms with Crippen molar-refractivity contribution >= 4 is 29.9 Å². The van der Waals surface area contributed by atoms with Gasteiger partial charge in [-0.2, -0.15) is 0 Å². The molecule has 0 aliphatic heterocycles. The summed E-state index contributed by atoms with van der Waals surface area (Å²) >= 11 is 0. The van der Waals surface area contributed by atoms with E-state index in [1.807, 2.05) is 13.8 Å². The minimum atomic E-state index is -0.828. The summed E-state index contributed by atoms with van der Waals surface area (Å²) in [5.41, 5.74) is 0.647. The molecule has 0 aliphatic rings. The molecule has 7 nitrogen and oxygen atoms in total. The molecule has 172 valence electrons. The number of ether oxygens (including phenoxy) is 3. The van der Waals surface area contributed by atoms with Crippen LogP contribution >= 0.6 is 24.0 Å². The minimum absolute atomic E-state index is 0. The van der Waals surface area contributed by atoms with Gasteiger partial charge in [-0.3, -0.25) is 4.99 Å². The van der Waals surface area contributed by atoms with Gasteiger partial charge in [0.25, 0.3) is 0 Å². The van der Waals surface area contributed by atoms with Crippen molar-refractivity contribution in [2.45, 2.75) is 26.1 Å². The first-order chi connectivity index (χ1) is 14.4. The van der Waals surface area contributed by atoms with Crippen LogP contribution in [0.25, 0.3) is 0 Å². The van der Waals surface area contributed by atoms with Gasteiger partial charge in [0.05, 0.1) is 33.4 Å². The number of hydrogen-bond donors (Lipinski definition) is 3. The summed E-state index contributed by atoms with van der Waals surface area (Å²) in [5.74, 6) is 1.86. The smallest absolute Gasteiger partial charge is 0.191 e. The second-order valence-corrected chi connectivity index (χ2v) is 6.65. The molecule has 9 heteroatoms. The van der Waals surface area contributed by atoms with Gasteiger partial charge in [-0.15, -0.1) is 24.0 Å². The van der Waals surface area contributed by atoms with Crippen LogP contribution in [0.5, 0.6) is 17.2 Å². The van der Waals surface area contributed by atoms with Crippen LogP contribution in [0.2, 0.25) is 0 Å². The Kier molecular flexibility index (Phi) is 12.0. The van der Waals surface area contributed by atoms with Crippen LogP contribution in [0.1, 0.15) is 25.5 Å². The summed E-state index contributed by atoms with van der Waals surface area (Å²) in [7, 11) is 3.12. The van der Waals surface area contributed by atoms with Crippen molar-refractivity contribution in [3.63, 3.8) is 0 Å². The normalized spacial score (nSPS) is 12.9. The van der Waals surface area contributed by atoms with Crippen LogP contribution in [0.3, 0.4) is 0 Å². The van der Waals surface area contributed by atoms with E-state index in [4.69, 9.17) is 14.2 Å². The number of guanidine groups is 1. The third-order valence-electron chi connectivity index (χ3n) is 4.22. The quantitative estimate of drug-likeness (QED) is 0.240. The Bertz CT molecular complexity index is 816. The summed E-state index contributed by atoms with van der Waals surface area (Å²) < 4.78 is 29.5. The van der Waals surface area contributed by atoms with Gasteiger partial charge in [-0.05, 0) is 43.7 Å². The molecule has 0 amide bonds. The number of aliphatic imine (C=N–C) groups is 1. The van der Waals surface area contributed by atoms with Crippen molar-refractivity contribution in [1.82, 2.24) is 10.6 Å². The standard InChI is InChI=1S/C22H30FN3O4.HI/c1-5-24-22(25-13-15(2)30-18-8-6-7-17(23)11-18)26-14-21(27)16-9-19(28-3)12-20(10-16)29-4;/h6-12,15,21,27H,5,13-14H2,1-4H3,(H2,24,25,26);1H. The largest absolute Gasteiger partial charge is 0.497 e. The van der Waals surface area contributed by atoms with E-state index in [1.165, 1.54) is 12.1 Å². The molecule has 0 saturated heterocycles. The van der Waals surface area contributed by atoms with Crippen LogP contribution in [0.15, 0.2) is 47.5 Å². The second-order valence-electron chi connectivity index (χ2n) is 6.65. The molecule has 2 atom stereocenters. The highest BCUT2D eigenvalue weighted by atomic mass is 127. The molecule has 2 unspecified atom stereocenters. The predicted molar refractivity (Wildman–Crippen MR) is 130 cm³/mol. The lowest BCUT2D eigenvalue weighted by molar-refractivity contribution is 0.186. The van der Waals surface area contributed by atoms with E-state index in [-0.39, 0.29) is 42.4 Å². The van der Waals surface area contributed by atoms with Crippen molar-refractivity contribution in [3.8, 4) is 17.2 Å². The van der Waals surface area contributed by atoms with Gasteiger partial charge in [0, 0.05) is 18.7 Å². The molecule has 0 aromatic heterocycles. The van der Waals surface area contributed by atoms with Gasteiger partial charge in [0.15, 0.2) is 5.96 Å². The number of methoxy groups -OCH3 is 2. The van der Waals surface area contributed by atoms with E-state index < -0.39 is 6.10 Å². The first-order valence-corrected chi connectivity index (χ1v) is 9.80. The van der Waals surface area contributed by atoms with Gasteiger partial charge in [0.1, 0.15) is 29.2 Å². The number of aliphatic hydroxyl groups is 1. The molecule has 2 aromatic carbocycles. The fourth-order valence-electron chi connectivity index (χ4n) is 2.70. The van der Waals surface area contributed by atoms with Crippen molar-refractivity contribution in [2.24, 2.45) is 4.99 Å². The molecule has 0 radical (unpaired) electrons. The summed E-state index contributed by atoms with van der Waals surface area (Å²) in [4.78, 5) is 4.44. The van der Waals surface area contributed by atoms with Crippen LogP contribution in [-0.4, -0.2) is 51.0 Å². The minimum Gasteiger partial charge on any atom is -0.497 e. The topological polar surface area (TPSA) is 84.3 Å². The highest BCUT2D eigenvalue weighted by molar-refractivity contribution is 14.0. The SMILES string of the molecule is CCNC(=NCC(O)c1cc(OC)cc(OC)c1)NCC(C)Oc1cccc(F)c1.I. The Hall–Kier alpha value is -2.27. The number of aliphatic hydroxyl groups excluding tert-OH is 1. The van der Waals surface area contributed by atoms with Crippen LogP contribution in [0.4, 0.5) is 4.39 Å². The zero-order chi connectivity index (χ0) is 21.9. The monoisotopic (exact) mass is 547 g/mol. The Labute approximate surface area is 200 Å². The van der Waals surface area contributed by atoms with Crippen molar-refractivity contribution in [1.29, 1.82) is 0 Å². The first kappa shape index (κ1) is 26.8. The van der Waals surface area contributed by atoms with Crippen molar-refractivity contribution in [2.75, 3.05) is 33.9 Å². The van der Waals surface area contributed by atoms with Crippen LogP contribution < -0.4 is 24.8 Å². The van der Waals surface area contributed by atoms with Gasteiger partial charge in [0.2, 0.25) is 0 Å². The number of halogens is 2. The zero-order valence-electron chi connectivity index (χ0n) is 18.2. The number of nitrogens with zero attached hydrogens (tertiary/aromatic N) is 1. The van der Waals surface area contributed by atoms with Crippen LogP contribution in [-0.2, 0) is 0 Å². The third kappa shape index (κ3) is 9.18. The molecule has 0 bridgehead atoms. The Morgan fingerprint density at radius 3 is 2.32 bits per heavy atom. The fraction of sp³-hybridized carbons (Fsp3) is 0.409. The predicted octanol–water partition coefficient (Wildman–Crippen LogP) is 3.52. The summed E-state index contributed by atoms with van der Waals surface area (Å²) in [6.07, 6.45) is -1.05. The molecule has 0 spiro atoms. The highest BCUT2D eigenvalue weighted by Gasteiger charge is 2.12. The maximum Gasteiger partial charge on any atom is 0.191 e. The number of nitrogens with one attached hydrogen (secondary N) is 2. The molecule has 0 heterocycles. The first-order valence-electron chi connectivity index (χ1n) is 9.80. The molecule has 2 aromatic rings. The maximum absolute atomic E-state index is 13.3. The lowest BCUT2D eigenvalue weighted by Gasteiger charge is -2.18. The van der Waals surface area contributed by atoms with E-state index in [0.717, 1.165) is 0 Å². The molecular weight excluding hydrogens is 516 g/mol.